The maximum Gasteiger partial charge on any atom is 0.268 e. The average molecular weight is 417 g/mol. The van der Waals surface area contributed by atoms with E-state index in [4.69, 9.17) is 4.55 Å². The monoisotopic (exact) mass is 416 g/mol. The molecule has 158 valence electrons. The van der Waals surface area contributed by atoms with Crippen LogP contribution in [0.5, 0.6) is 0 Å². The van der Waals surface area contributed by atoms with Crippen LogP contribution >= 0.6 is 9.24 Å². The predicted octanol–water partition coefficient (Wildman–Crippen LogP) is 6.40. The molecule has 3 aliphatic carbocycles. The van der Waals surface area contributed by atoms with Crippen molar-refractivity contribution in [1.29, 1.82) is 0 Å². The van der Waals surface area contributed by atoms with Gasteiger partial charge in [-0.2, -0.15) is 8.42 Å². The number of hydrogen-bond donors (Lipinski definition) is 1. The molecule has 0 aromatic heterocycles. The molecule has 3 aliphatic rings. The highest BCUT2D eigenvalue weighted by molar-refractivity contribution is 7.85. The molecule has 0 saturated heterocycles. The van der Waals surface area contributed by atoms with Gasteiger partial charge in [0.25, 0.3) is 10.1 Å². The van der Waals surface area contributed by atoms with E-state index in [0.717, 1.165) is 23.8 Å². The van der Waals surface area contributed by atoms with Crippen LogP contribution in [0.15, 0.2) is 12.7 Å². The third kappa shape index (κ3) is 7.12. The molecule has 0 bridgehead atoms. The van der Waals surface area contributed by atoms with E-state index in [2.05, 4.69) is 15.8 Å². The lowest BCUT2D eigenvalue weighted by Crippen LogP contribution is -2.48. The van der Waals surface area contributed by atoms with E-state index >= 15 is 0 Å². The second-order valence-electron chi connectivity index (χ2n) is 9.04. The molecule has 3 rings (SSSR count). The van der Waals surface area contributed by atoms with Crippen LogP contribution in [-0.2, 0) is 10.1 Å². The van der Waals surface area contributed by atoms with Crippen LogP contribution in [0.1, 0.15) is 96.3 Å². The lowest BCUT2D eigenvalue weighted by Gasteiger charge is -2.52. The van der Waals surface area contributed by atoms with Crippen LogP contribution in [-0.4, -0.2) is 23.9 Å². The summed E-state index contributed by atoms with van der Waals surface area (Å²) in [4.78, 5) is 0. The fraction of sp³-hybridized carbons (Fsp3) is 0.909. The maximum absolute atomic E-state index is 9.72. The maximum atomic E-state index is 9.72. The molecular weight excluding hydrogens is 375 g/mol. The number of rotatable bonds is 5. The van der Waals surface area contributed by atoms with Gasteiger partial charge in [0.2, 0.25) is 0 Å². The highest BCUT2D eigenvalue weighted by Crippen LogP contribution is 2.55. The second-order valence-corrected chi connectivity index (χ2v) is 11.5. The van der Waals surface area contributed by atoms with E-state index in [1.807, 2.05) is 0 Å². The van der Waals surface area contributed by atoms with Crippen LogP contribution in [0.4, 0.5) is 0 Å². The highest BCUT2D eigenvalue weighted by Gasteiger charge is 2.47. The van der Waals surface area contributed by atoms with Gasteiger partial charge in [-0.3, -0.25) is 4.55 Å². The molecule has 0 heterocycles. The lowest BCUT2D eigenvalue weighted by atomic mass is 9.61. The molecule has 3 nitrogen and oxygen atoms in total. The van der Waals surface area contributed by atoms with Crippen molar-refractivity contribution in [3.05, 3.63) is 12.7 Å². The summed E-state index contributed by atoms with van der Waals surface area (Å²) in [5.74, 6) is 2.74. The normalized spacial score (nSPS) is 24.1. The molecule has 0 radical (unpaired) electrons. The fourth-order valence-corrected chi connectivity index (χ4v) is 7.25. The van der Waals surface area contributed by atoms with Crippen LogP contribution in [0.2, 0.25) is 0 Å². The molecular formula is C22H41O3PS. The average Bonchev–Trinajstić information content (AvgIpc) is 2.69. The Hall–Kier alpha value is 0.0800. The SMILES string of the molecule is C=CCS(=O)(=O)O.PC(C1CCCCC1)(C1CCCCC1)C1CCCCC1. The minimum atomic E-state index is -3.79. The Balaban J connectivity index is 0.000000321. The molecule has 3 fully saturated rings. The first-order valence-electron chi connectivity index (χ1n) is 11.2. The van der Waals surface area contributed by atoms with Gasteiger partial charge < -0.3 is 0 Å². The summed E-state index contributed by atoms with van der Waals surface area (Å²) in [6, 6.07) is 0. The molecule has 1 atom stereocenters. The van der Waals surface area contributed by atoms with Gasteiger partial charge in [0.1, 0.15) is 0 Å². The van der Waals surface area contributed by atoms with Crippen LogP contribution in [0.3, 0.4) is 0 Å². The summed E-state index contributed by atoms with van der Waals surface area (Å²) in [5.41, 5.74) is 0. The number of hydrogen-bond acceptors (Lipinski definition) is 2. The topological polar surface area (TPSA) is 54.4 Å². The van der Waals surface area contributed by atoms with Crippen molar-refractivity contribution >= 4 is 19.4 Å². The van der Waals surface area contributed by atoms with E-state index in [0.29, 0.717) is 5.16 Å². The van der Waals surface area contributed by atoms with Crippen LogP contribution < -0.4 is 0 Å². The second kappa shape index (κ2) is 11.3. The van der Waals surface area contributed by atoms with Gasteiger partial charge >= 0.3 is 0 Å². The largest absolute Gasteiger partial charge is 0.285 e. The van der Waals surface area contributed by atoms with Gasteiger partial charge in [0, 0.05) is 0 Å². The molecule has 0 spiro atoms. The first-order valence-corrected chi connectivity index (χ1v) is 13.4. The fourth-order valence-electron chi connectivity index (χ4n) is 5.96. The van der Waals surface area contributed by atoms with E-state index in [1.54, 1.807) is 0 Å². The van der Waals surface area contributed by atoms with E-state index in [1.165, 1.54) is 96.3 Å². The molecule has 0 amide bonds. The van der Waals surface area contributed by atoms with Gasteiger partial charge in [0.05, 0.1) is 5.75 Å². The Morgan fingerprint density at radius 1 is 0.778 bits per heavy atom. The molecule has 1 N–H and O–H groups in total. The summed E-state index contributed by atoms with van der Waals surface area (Å²) < 4.78 is 27.3. The third-order valence-corrected chi connectivity index (χ3v) is 9.34. The molecule has 5 heteroatoms. The summed E-state index contributed by atoms with van der Waals surface area (Å²) in [6.07, 6.45) is 24.0. The van der Waals surface area contributed by atoms with Crippen molar-refractivity contribution in [3.8, 4) is 0 Å². The van der Waals surface area contributed by atoms with Crippen LogP contribution in [0.25, 0.3) is 0 Å². The molecule has 0 aliphatic heterocycles. The molecule has 3 saturated carbocycles. The van der Waals surface area contributed by atoms with Gasteiger partial charge in [-0.15, -0.1) is 15.8 Å². The van der Waals surface area contributed by atoms with Gasteiger partial charge in [0.15, 0.2) is 0 Å². The Labute approximate surface area is 170 Å². The lowest BCUT2D eigenvalue weighted by molar-refractivity contribution is 0.0987. The molecule has 27 heavy (non-hydrogen) atoms. The standard InChI is InChI=1S/C19H35P.C3H6O3S/c20-19(16-10-4-1-5-11-16,17-12-6-2-7-13-17)18-14-8-3-9-15-18;1-2-3-7(4,5)6/h16-18H,1-15,20H2;2H,1,3H2,(H,4,5,6). The van der Waals surface area contributed by atoms with Crippen molar-refractivity contribution in [3.63, 3.8) is 0 Å². The van der Waals surface area contributed by atoms with E-state index < -0.39 is 10.1 Å². The first kappa shape index (κ1) is 23.4. The minimum Gasteiger partial charge on any atom is -0.285 e. The Morgan fingerprint density at radius 3 is 1.26 bits per heavy atom. The first-order chi connectivity index (χ1) is 12.9. The zero-order chi connectivity index (χ0) is 19.8. The van der Waals surface area contributed by atoms with E-state index in [-0.39, 0.29) is 5.75 Å². The van der Waals surface area contributed by atoms with Gasteiger partial charge in [-0.1, -0.05) is 63.9 Å². The third-order valence-electron chi connectivity index (χ3n) is 7.27. The van der Waals surface area contributed by atoms with Crippen molar-refractivity contribution in [1.82, 2.24) is 0 Å². The summed E-state index contributed by atoms with van der Waals surface area (Å²) in [5, 5.41) is 0.626. The van der Waals surface area contributed by atoms with Crippen molar-refractivity contribution in [2.24, 2.45) is 17.8 Å². The predicted molar refractivity (Wildman–Crippen MR) is 119 cm³/mol. The highest BCUT2D eigenvalue weighted by atomic mass is 32.2. The Morgan fingerprint density at radius 2 is 1.07 bits per heavy atom. The Kier molecular flexibility index (Phi) is 9.79. The smallest absolute Gasteiger partial charge is 0.268 e. The zero-order valence-corrected chi connectivity index (χ0v) is 19.1. The van der Waals surface area contributed by atoms with Crippen molar-refractivity contribution < 1.29 is 13.0 Å². The van der Waals surface area contributed by atoms with E-state index in [9.17, 15) is 8.42 Å². The van der Waals surface area contributed by atoms with Crippen LogP contribution in [0, 0.1) is 17.8 Å². The quantitative estimate of drug-likeness (QED) is 0.320. The molecule has 1 unspecified atom stereocenters. The van der Waals surface area contributed by atoms with Crippen molar-refractivity contribution in [2.75, 3.05) is 5.75 Å². The summed E-state index contributed by atoms with van der Waals surface area (Å²) in [6.45, 7) is 3.11. The molecule has 0 aromatic carbocycles. The summed E-state index contributed by atoms with van der Waals surface area (Å²) >= 11 is 0. The summed E-state index contributed by atoms with van der Waals surface area (Å²) in [7, 11) is -0.273. The minimum absolute atomic E-state index is 0.368. The van der Waals surface area contributed by atoms with Crippen molar-refractivity contribution in [2.45, 2.75) is 101 Å². The van der Waals surface area contributed by atoms with Gasteiger partial charge in [-0.05, 0) is 61.4 Å². The zero-order valence-electron chi connectivity index (χ0n) is 17.1. The van der Waals surface area contributed by atoms with Gasteiger partial charge in [-0.25, -0.2) is 0 Å². The molecule has 0 aromatic rings. The Bertz CT molecular complexity index is 482.